The summed E-state index contributed by atoms with van der Waals surface area (Å²) < 4.78 is 11.3. The fraction of sp³-hybridized carbons (Fsp3) is 0.263. The van der Waals surface area contributed by atoms with Crippen molar-refractivity contribution in [2.45, 2.75) is 12.7 Å². The lowest BCUT2D eigenvalue weighted by atomic mass is 9.96. The van der Waals surface area contributed by atoms with Gasteiger partial charge in [0, 0.05) is 16.7 Å². The lowest BCUT2D eigenvalue weighted by molar-refractivity contribution is -0.149. The third-order valence-corrected chi connectivity index (χ3v) is 4.30. The summed E-state index contributed by atoms with van der Waals surface area (Å²) in [6.45, 7) is 2.79. The third kappa shape index (κ3) is 3.74. The van der Waals surface area contributed by atoms with Gasteiger partial charge < -0.3 is 14.8 Å². The van der Waals surface area contributed by atoms with Gasteiger partial charge in [0.2, 0.25) is 5.91 Å². The molecule has 0 aliphatic carbocycles. The summed E-state index contributed by atoms with van der Waals surface area (Å²) in [6.07, 6.45) is 0. The summed E-state index contributed by atoms with van der Waals surface area (Å²) >= 11 is 5.57. The number of carbonyl (C=O) groups excluding carboxylic acids is 2. The van der Waals surface area contributed by atoms with Gasteiger partial charge in [0.05, 0.1) is 18.9 Å². The van der Waals surface area contributed by atoms with E-state index in [4.69, 9.17) is 21.1 Å². The molecule has 1 saturated heterocycles. The van der Waals surface area contributed by atoms with Crippen LogP contribution in [0.3, 0.4) is 0 Å². The van der Waals surface area contributed by atoms with Crippen molar-refractivity contribution in [3.05, 3.63) is 65.2 Å². The van der Waals surface area contributed by atoms with Gasteiger partial charge in [0.25, 0.3) is 0 Å². The number of nitrogens with one attached hydrogen (secondary N) is 1. The first-order chi connectivity index (χ1) is 12.0. The molecule has 6 heteroatoms. The van der Waals surface area contributed by atoms with E-state index in [1.807, 2.05) is 13.0 Å². The van der Waals surface area contributed by atoms with Gasteiger partial charge in [-0.25, -0.2) is 0 Å². The molecule has 0 bridgehead atoms. The summed E-state index contributed by atoms with van der Waals surface area (Å²) in [5.41, 5.74) is 2.01. The topological polar surface area (TPSA) is 64.6 Å². The summed E-state index contributed by atoms with van der Waals surface area (Å²) in [4.78, 5) is 24.6. The number of hydrogen-bond acceptors (Lipinski definition) is 4. The Labute approximate surface area is 150 Å². The van der Waals surface area contributed by atoms with Gasteiger partial charge in [0.15, 0.2) is 11.6 Å². The number of amides is 1. The summed E-state index contributed by atoms with van der Waals surface area (Å²) in [7, 11) is 0. The smallest absolute Gasteiger partial charge is 0.239 e. The Balaban J connectivity index is 2.04. The Morgan fingerprint density at radius 3 is 2.44 bits per heavy atom. The van der Waals surface area contributed by atoms with Gasteiger partial charge in [-0.15, -0.1) is 11.6 Å². The van der Waals surface area contributed by atoms with Crippen LogP contribution in [0.25, 0.3) is 0 Å². The number of anilines is 1. The molecule has 1 N–H and O–H groups in total. The van der Waals surface area contributed by atoms with Crippen LogP contribution in [-0.2, 0) is 20.1 Å². The van der Waals surface area contributed by atoms with Crippen molar-refractivity contribution in [1.29, 1.82) is 0 Å². The van der Waals surface area contributed by atoms with E-state index < -0.39 is 5.79 Å². The molecular weight excluding hydrogens is 342 g/mol. The number of ether oxygens (including phenoxy) is 2. The second kappa shape index (κ2) is 7.35. The normalized spacial score (nSPS) is 15.8. The van der Waals surface area contributed by atoms with Crippen molar-refractivity contribution >= 4 is 29.0 Å². The summed E-state index contributed by atoms with van der Waals surface area (Å²) in [5, 5.41) is 2.67. The van der Waals surface area contributed by atoms with Gasteiger partial charge >= 0.3 is 0 Å². The number of ketones is 1. The van der Waals surface area contributed by atoms with Gasteiger partial charge in [0.1, 0.15) is 5.88 Å². The predicted octanol–water partition coefficient (Wildman–Crippen LogP) is 3.31. The molecule has 0 saturated carbocycles. The number of halogens is 1. The highest BCUT2D eigenvalue weighted by atomic mass is 35.5. The zero-order chi connectivity index (χ0) is 17.9. The molecule has 0 radical (unpaired) electrons. The molecule has 1 aliphatic rings. The predicted molar refractivity (Wildman–Crippen MR) is 94.9 cm³/mol. The Kier molecular flexibility index (Phi) is 5.18. The molecule has 130 valence electrons. The van der Waals surface area contributed by atoms with Crippen molar-refractivity contribution in [2.24, 2.45) is 0 Å². The third-order valence-electron chi connectivity index (χ3n) is 4.06. The van der Waals surface area contributed by atoms with Crippen LogP contribution in [0.1, 0.15) is 28.4 Å². The summed E-state index contributed by atoms with van der Waals surface area (Å²) in [6, 6.07) is 14.0. The first-order valence-corrected chi connectivity index (χ1v) is 8.45. The monoisotopic (exact) mass is 359 g/mol. The van der Waals surface area contributed by atoms with Crippen molar-refractivity contribution in [1.82, 2.24) is 0 Å². The van der Waals surface area contributed by atoms with Crippen LogP contribution < -0.4 is 5.32 Å². The van der Waals surface area contributed by atoms with E-state index in [0.717, 1.165) is 0 Å². The number of alkyl halides is 1. The van der Waals surface area contributed by atoms with E-state index in [1.54, 1.807) is 42.5 Å². The molecule has 1 amide bonds. The quantitative estimate of drug-likeness (QED) is 0.657. The maximum Gasteiger partial charge on any atom is 0.239 e. The van der Waals surface area contributed by atoms with Crippen LogP contribution in [0.2, 0.25) is 0 Å². The van der Waals surface area contributed by atoms with E-state index in [9.17, 15) is 9.59 Å². The van der Waals surface area contributed by atoms with E-state index in [2.05, 4.69) is 5.32 Å². The molecule has 2 aromatic rings. The van der Waals surface area contributed by atoms with Crippen LogP contribution in [0.15, 0.2) is 48.5 Å². The lowest BCUT2D eigenvalue weighted by Gasteiger charge is -2.24. The Bertz CT molecular complexity index is 785. The molecule has 0 aromatic heterocycles. The zero-order valence-electron chi connectivity index (χ0n) is 13.8. The standard InChI is InChI=1S/C19H18ClNO4/c1-19(24-9-10-25-19)14-7-8-16(21-17(22)12-20)15(11-14)18(23)13-5-3-2-4-6-13/h2-8,11H,9-10,12H2,1H3,(H,21,22). The molecule has 1 heterocycles. The van der Waals surface area contributed by atoms with Crippen LogP contribution in [0.5, 0.6) is 0 Å². The largest absolute Gasteiger partial charge is 0.344 e. The maximum absolute atomic E-state index is 12.9. The fourth-order valence-electron chi connectivity index (χ4n) is 2.73. The first kappa shape index (κ1) is 17.6. The first-order valence-electron chi connectivity index (χ1n) is 7.91. The SMILES string of the molecule is CC1(c2ccc(NC(=O)CCl)c(C(=O)c3ccccc3)c2)OCCO1. The minimum Gasteiger partial charge on any atom is -0.344 e. The van der Waals surface area contributed by atoms with Gasteiger partial charge in [-0.3, -0.25) is 9.59 Å². The van der Waals surface area contributed by atoms with Crippen LogP contribution in [-0.4, -0.2) is 30.8 Å². The van der Waals surface area contributed by atoms with E-state index in [1.165, 1.54) is 0 Å². The van der Waals surface area contributed by atoms with E-state index >= 15 is 0 Å². The van der Waals surface area contributed by atoms with Crippen LogP contribution >= 0.6 is 11.6 Å². The fourth-order valence-corrected chi connectivity index (χ4v) is 2.80. The molecule has 0 unspecified atom stereocenters. The molecule has 3 rings (SSSR count). The molecule has 0 atom stereocenters. The number of hydrogen-bond donors (Lipinski definition) is 1. The molecule has 2 aromatic carbocycles. The van der Waals surface area contributed by atoms with E-state index in [-0.39, 0.29) is 17.6 Å². The maximum atomic E-state index is 12.9. The zero-order valence-corrected chi connectivity index (χ0v) is 14.5. The lowest BCUT2D eigenvalue weighted by Crippen LogP contribution is -2.24. The highest BCUT2D eigenvalue weighted by Crippen LogP contribution is 2.33. The number of benzene rings is 2. The van der Waals surface area contributed by atoms with Gasteiger partial charge in [-0.2, -0.15) is 0 Å². The minimum absolute atomic E-state index is 0.190. The van der Waals surface area contributed by atoms with Crippen molar-refractivity contribution < 1.29 is 19.1 Å². The van der Waals surface area contributed by atoms with Gasteiger partial charge in [-0.05, 0) is 19.1 Å². The highest BCUT2D eigenvalue weighted by molar-refractivity contribution is 6.29. The Morgan fingerprint density at radius 2 is 1.80 bits per heavy atom. The van der Waals surface area contributed by atoms with Gasteiger partial charge in [-0.1, -0.05) is 36.4 Å². The second-order valence-electron chi connectivity index (χ2n) is 5.78. The molecule has 1 fully saturated rings. The van der Waals surface area contributed by atoms with Crippen molar-refractivity contribution in [2.75, 3.05) is 24.4 Å². The second-order valence-corrected chi connectivity index (χ2v) is 6.05. The molecule has 0 spiro atoms. The number of rotatable bonds is 5. The van der Waals surface area contributed by atoms with E-state index in [0.29, 0.717) is 35.6 Å². The molecular formula is C19H18ClNO4. The highest BCUT2D eigenvalue weighted by Gasteiger charge is 2.34. The Hall–Kier alpha value is -2.21. The average molecular weight is 360 g/mol. The minimum atomic E-state index is -0.902. The molecule has 25 heavy (non-hydrogen) atoms. The average Bonchev–Trinajstić information content (AvgIpc) is 3.09. The number of carbonyl (C=O) groups is 2. The van der Waals surface area contributed by atoms with Crippen molar-refractivity contribution in [3.63, 3.8) is 0 Å². The van der Waals surface area contributed by atoms with Crippen LogP contribution in [0, 0.1) is 0 Å². The Morgan fingerprint density at radius 1 is 1.12 bits per heavy atom. The molecule has 5 nitrogen and oxygen atoms in total. The van der Waals surface area contributed by atoms with Crippen molar-refractivity contribution in [3.8, 4) is 0 Å². The summed E-state index contributed by atoms with van der Waals surface area (Å²) in [5.74, 6) is -1.67. The van der Waals surface area contributed by atoms with Crippen LogP contribution in [0.4, 0.5) is 5.69 Å². The molecule has 1 aliphatic heterocycles.